The fourth-order valence-electron chi connectivity index (χ4n) is 7.94. The van der Waals surface area contributed by atoms with Crippen molar-refractivity contribution >= 4 is 23.7 Å². The second-order valence-electron chi connectivity index (χ2n) is 12.0. The maximum absolute atomic E-state index is 13.3. The maximum Gasteiger partial charge on any atom is 0.338 e. The Kier molecular flexibility index (Phi) is 6.05. The molecule has 4 aliphatic rings. The van der Waals surface area contributed by atoms with E-state index in [2.05, 4.69) is 6.92 Å². The first-order chi connectivity index (χ1) is 17.3. The minimum absolute atomic E-state index is 0.0712. The molecule has 200 valence electrons. The molecule has 2 heterocycles. The van der Waals surface area contributed by atoms with Crippen molar-refractivity contribution in [2.24, 2.45) is 22.7 Å². The molecule has 0 radical (unpaired) electrons. The van der Waals surface area contributed by atoms with Crippen molar-refractivity contribution in [1.82, 2.24) is 0 Å². The van der Waals surface area contributed by atoms with Crippen LogP contribution in [0.1, 0.15) is 77.1 Å². The lowest BCUT2D eigenvalue weighted by atomic mass is 9.40. The van der Waals surface area contributed by atoms with E-state index >= 15 is 0 Å². The van der Waals surface area contributed by atoms with Crippen LogP contribution in [0, 0.1) is 22.7 Å². The van der Waals surface area contributed by atoms with Gasteiger partial charge in [0, 0.05) is 42.9 Å². The van der Waals surface area contributed by atoms with E-state index in [1.54, 1.807) is 24.3 Å². The second kappa shape index (κ2) is 8.65. The molecule has 2 saturated carbocycles. The summed E-state index contributed by atoms with van der Waals surface area (Å²) in [6, 6.07) is 8.80. The Morgan fingerprint density at radius 3 is 2.32 bits per heavy atom. The number of cyclic esters (lactones) is 1. The third-order valence-electron chi connectivity index (χ3n) is 10.2. The topological polar surface area (TPSA) is 105 Å². The first-order valence-electron chi connectivity index (χ1n) is 13.2. The Balaban J connectivity index is 1.61. The van der Waals surface area contributed by atoms with Crippen LogP contribution in [0.25, 0.3) is 0 Å². The van der Waals surface area contributed by atoms with Crippen LogP contribution in [0.4, 0.5) is 0 Å². The van der Waals surface area contributed by atoms with E-state index in [0.717, 1.165) is 0 Å². The third kappa shape index (κ3) is 3.82. The van der Waals surface area contributed by atoms with Crippen molar-refractivity contribution in [1.29, 1.82) is 0 Å². The van der Waals surface area contributed by atoms with Crippen LogP contribution in [0.5, 0.6) is 0 Å². The number of ketones is 1. The van der Waals surface area contributed by atoms with Crippen molar-refractivity contribution in [2.45, 2.75) is 90.1 Å². The van der Waals surface area contributed by atoms with Gasteiger partial charge in [-0.3, -0.25) is 14.4 Å². The molecule has 0 bridgehead atoms. The molecule has 1 aromatic rings. The average molecular weight is 513 g/mol. The highest BCUT2D eigenvalue weighted by Gasteiger charge is 2.74. The molecular weight excluding hydrogens is 476 g/mol. The molecule has 1 aromatic carbocycles. The highest BCUT2D eigenvalue weighted by molar-refractivity contribution is 5.89. The quantitative estimate of drug-likeness (QED) is 0.441. The van der Waals surface area contributed by atoms with Gasteiger partial charge in [0.2, 0.25) is 0 Å². The number of esters is 3. The number of carbonyl (C=O) groups is 4. The molecule has 0 N–H and O–H groups in total. The number of Topliss-reactive ketones (excluding diaryl/α,β-unsaturated/α-hetero) is 1. The van der Waals surface area contributed by atoms with Gasteiger partial charge in [0.25, 0.3) is 0 Å². The Morgan fingerprint density at radius 1 is 1.00 bits per heavy atom. The second-order valence-corrected chi connectivity index (χ2v) is 12.0. The number of hydrogen-bond acceptors (Lipinski definition) is 8. The van der Waals surface area contributed by atoms with Gasteiger partial charge in [0.15, 0.2) is 0 Å². The number of hydrogen-bond donors (Lipinski definition) is 0. The Bertz CT molecular complexity index is 1130. The van der Waals surface area contributed by atoms with E-state index < -0.39 is 46.2 Å². The van der Waals surface area contributed by atoms with Crippen LogP contribution < -0.4 is 0 Å². The number of carbonyl (C=O) groups excluding carboxylic acids is 4. The Labute approximate surface area is 217 Å². The van der Waals surface area contributed by atoms with E-state index in [1.807, 2.05) is 26.8 Å². The van der Waals surface area contributed by atoms with Crippen LogP contribution in [0.3, 0.4) is 0 Å². The molecule has 2 aliphatic carbocycles. The molecule has 0 amide bonds. The summed E-state index contributed by atoms with van der Waals surface area (Å²) in [5, 5.41) is 0. The predicted octanol–water partition coefficient (Wildman–Crippen LogP) is 4.04. The largest absolute Gasteiger partial charge is 0.462 e. The van der Waals surface area contributed by atoms with Crippen LogP contribution in [0.15, 0.2) is 30.3 Å². The zero-order valence-electron chi connectivity index (χ0n) is 22.2. The lowest BCUT2D eigenvalue weighted by Gasteiger charge is -2.69. The minimum Gasteiger partial charge on any atom is -0.462 e. The van der Waals surface area contributed by atoms with Gasteiger partial charge >= 0.3 is 17.9 Å². The van der Waals surface area contributed by atoms with Gasteiger partial charge < -0.3 is 18.9 Å². The monoisotopic (exact) mass is 512 g/mol. The van der Waals surface area contributed by atoms with Crippen molar-refractivity contribution < 1.29 is 38.1 Å². The van der Waals surface area contributed by atoms with Crippen molar-refractivity contribution in [3.05, 3.63) is 35.9 Å². The third-order valence-corrected chi connectivity index (χ3v) is 10.2. The highest BCUT2D eigenvalue weighted by Crippen LogP contribution is 2.68. The Hall–Kier alpha value is -2.74. The molecule has 2 aliphatic heterocycles. The summed E-state index contributed by atoms with van der Waals surface area (Å²) in [5.74, 6) is -1.59. The van der Waals surface area contributed by atoms with Gasteiger partial charge in [-0.1, -0.05) is 39.0 Å². The lowest BCUT2D eigenvalue weighted by molar-refractivity contribution is -0.340. The highest BCUT2D eigenvalue weighted by atomic mass is 16.6. The van der Waals surface area contributed by atoms with Gasteiger partial charge in [0.1, 0.15) is 30.2 Å². The molecule has 0 unspecified atom stereocenters. The summed E-state index contributed by atoms with van der Waals surface area (Å²) >= 11 is 0. The summed E-state index contributed by atoms with van der Waals surface area (Å²) in [6.07, 6.45) is 0.457. The van der Waals surface area contributed by atoms with Gasteiger partial charge in [-0.25, -0.2) is 4.79 Å². The van der Waals surface area contributed by atoms with Crippen LogP contribution in [0.2, 0.25) is 0 Å². The molecule has 2 saturated heterocycles. The fraction of sp³-hybridized carbons (Fsp3) is 0.655. The smallest absolute Gasteiger partial charge is 0.338 e. The van der Waals surface area contributed by atoms with Gasteiger partial charge in [-0.15, -0.1) is 0 Å². The van der Waals surface area contributed by atoms with Crippen molar-refractivity contribution in [2.75, 3.05) is 6.61 Å². The number of rotatable bonds is 3. The first kappa shape index (κ1) is 25.9. The molecule has 4 fully saturated rings. The molecule has 8 heteroatoms. The molecular formula is C29H36O8. The molecule has 8 nitrogen and oxygen atoms in total. The summed E-state index contributed by atoms with van der Waals surface area (Å²) in [7, 11) is 0. The van der Waals surface area contributed by atoms with Crippen LogP contribution in [-0.2, 0) is 33.3 Å². The van der Waals surface area contributed by atoms with E-state index in [9.17, 15) is 19.2 Å². The SMILES string of the molecule is CC(=O)O[C@H]1C[C@]2(COC(=O)C2)O[C@@]2(C)C[C@H](OC(=O)c3ccccc3)[C@@]3(C)[C@H](C)C(=O)CC[C@@H]3[C@@]12C. The van der Waals surface area contributed by atoms with Crippen molar-refractivity contribution in [3.8, 4) is 0 Å². The standard InChI is InChI=1S/C29H36O8/c1-17-20(31)11-12-21-27(17,4)22(36-25(33)19-9-7-6-8-10-19)13-26(3)28(21,5)23(35-18(2)30)14-29(37-26)15-24(32)34-16-29/h6-10,17,21-23H,11-16H2,1-5H3/t17-,21+,22+,23+,26+,27+,28+,29+/m1/s1. The van der Waals surface area contributed by atoms with E-state index in [-0.39, 0.29) is 36.6 Å². The van der Waals surface area contributed by atoms with Crippen LogP contribution >= 0.6 is 0 Å². The number of fused-ring (bicyclic) bond motifs is 3. The van der Waals surface area contributed by atoms with Gasteiger partial charge in [-0.2, -0.15) is 0 Å². The molecule has 5 rings (SSSR count). The van der Waals surface area contributed by atoms with E-state index in [1.165, 1.54) is 6.92 Å². The Morgan fingerprint density at radius 2 is 1.70 bits per heavy atom. The molecule has 1 spiro atoms. The zero-order chi connectivity index (χ0) is 26.8. The van der Waals surface area contributed by atoms with Gasteiger partial charge in [-0.05, 0) is 31.4 Å². The van der Waals surface area contributed by atoms with Crippen LogP contribution in [-0.4, -0.2) is 53.7 Å². The van der Waals surface area contributed by atoms with Gasteiger partial charge in [0.05, 0.1) is 17.6 Å². The number of ether oxygens (including phenoxy) is 4. The summed E-state index contributed by atoms with van der Waals surface area (Å²) in [5.41, 5.74) is -2.82. The summed E-state index contributed by atoms with van der Waals surface area (Å²) in [6.45, 7) is 9.46. The fourth-order valence-corrected chi connectivity index (χ4v) is 7.94. The summed E-state index contributed by atoms with van der Waals surface area (Å²) < 4.78 is 24.5. The zero-order valence-corrected chi connectivity index (χ0v) is 22.2. The average Bonchev–Trinajstić information content (AvgIpc) is 3.19. The van der Waals surface area contributed by atoms with E-state index in [0.29, 0.717) is 31.2 Å². The van der Waals surface area contributed by atoms with Crippen molar-refractivity contribution in [3.63, 3.8) is 0 Å². The normalized spacial score (nSPS) is 42.9. The predicted molar refractivity (Wildman–Crippen MR) is 131 cm³/mol. The lowest BCUT2D eigenvalue weighted by Crippen LogP contribution is -2.75. The minimum atomic E-state index is -0.927. The molecule has 8 atom stereocenters. The van der Waals surface area contributed by atoms with E-state index in [4.69, 9.17) is 18.9 Å². The summed E-state index contributed by atoms with van der Waals surface area (Å²) in [4.78, 5) is 50.9. The first-order valence-corrected chi connectivity index (χ1v) is 13.2. The number of benzene rings is 1. The maximum atomic E-state index is 13.3. The molecule has 0 aromatic heterocycles. The molecule has 37 heavy (non-hydrogen) atoms.